The first-order chi connectivity index (χ1) is 8.75. The van der Waals surface area contributed by atoms with E-state index in [1.54, 1.807) is 18.7 Å². The Hall–Kier alpha value is -2.21. The van der Waals surface area contributed by atoms with E-state index in [1.165, 1.54) is 6.33 Å². The molecular weight excluding hydrogens is 252 g/mol. The van der Waals surface area contributed by atoms with E-state index in [4.69, 9.17) is 17.3 Å². The number of anilines is 1. The molecule has 0 atom stereocenters. The van der Waals surface area contributed by atoms with Gasteiger partial charge in [-0.25, -0.2) is 15.0 Å². The van der Waals surface area contributed by atoms with Crippen LogP contribution in [0.1, 0.15) is 5.56 Å². The molecule has 0 fully saturated rings. The quantitative estimate of drug-likeness (QED) is 0.754. The van der Waals surface area contributed by atoms with Crippen molar-refractivity contribution in [3.05, 3.63) is 41.7 Å². The second kappa shape index (κ2) is 4.23. The lowest BCUT2D eigenvalue weighted by Crippen LogP contribution is -2.09. The van der Waals surface area contributed by atoms with Crippen LogP contribution in [0.5, 0.6) is 0 Å². The Morgan fingerprint density at radius 3 is 3.00 bits per heavy atom. The molecule has 0 saturated heterocycles. The summed E-state index contributed by atoms with van der Waals surface area (Å²) >= 11 is 6.07. The van der Waals surface area contributed by atoms with E-state index >= 15 is 0 Å². The zero-order chi connectivity index (χ0) is 12.5. The Kier molecular flexibility index (Phi) is 2.56. The van der Waals surface area contributed by atoms with Gasteiger partial charge in [-0.05, 0) is 11.6 Å². The maximum Gasteiger partial charge on any atom is 0.165 e. The largest absolute Gasteiger partial charge is 0.382 e. The Balaban J connectivity index is 2.04. The highest BCUT2D eigenvalue weighted by Crippen LogP contribution is 2.23. The first-order valence-corrected chi connectivity index (χ1v) is 5.63. The number of halogens is 1. The van der Waals surface area contributed by atoms with E-state index in [0.717, 1.165) is 5.56 Å². The molecule has 2 aliphatic heterocycles. The molecule has 0 amide bonds. The molecular formula is C11H9ClN6. The second-order valence-corrected chi connectivity index (χ2v) is 4.18. The third-order valence-electron chi connectivity index (χ3n) is 2.63. The van der Waals surface area contributed by atoms with Crippen LogP contribution in [0.2, 0.25) is 5.02 Å². The normalized spacial score (nSPS) is 10.9. The van der Waals surface area contributed by atoms with E-state index in [-0.39, 0.29) is 0 Å². The number of rotatable bonds is 2. The molecule has 2 aliphatic rings. The lowest BCUT2D eigenvalue weighted by Gasteiger charge is -2.11. The highest BCUT2D eigenvalue weighted by atomic mass is 35.5. The predicted octanol–water partition coefficient (Wildman–Crippen LogP) is 1.46. The van der Waals surface area contributed by atoms with Gasteiger partial charge in [0.2, 0.25) is 0 Å². The van der Waals surface area contributed by atoms with Crippen LogP contribution in [-0.2, 0) is 6.54 Å². The fraction of sp³-hybridized carbons (Fsp3) is 0.0909. The monoisotopic (exact) mass is 260 g/mol. The summed E-state index contributed by atoms with van der Waals surface area (Å²) in [5, 5.41) is 0.606. The first kappa shape index (κ1) is 10.9. The van der Waals surface area contributed by atoms with E-state index in [9.17, 15) is 0 Å². The van der Waals surface area contributed by atoms with Crippen molar-refractivity contribution in [3.8, 4) is 11.5 Å². The maximum atomic E-state index is 6.07. The van der Waals surface area contributed by atoms with Gasteiger partial charge in [0.15, 0.2) is 11.6 Å². The minimum atomic E-state index is 0.375. The van der Waals surface area contributed by atoms with E-state index in [2.05, 4.69) is 19.9 Å². The zero-order valence-electron chi connectivity index (χ0n) is 9.29. The lowest BCUT2D eigenvalue weighted by atomic mass is 10.2. The van der Waals surface area contributed by atoms with Crippen molar-refractivity contribution < 1.29 is 0 Å². The molecule has 0 unspecified atom stereocenters. The Morgan fingerprint density at radius 2 is 2.17 bits per heavy atom. The van der Waals surface area contributed by atoms with E-state index in [0.29, 0.717) is 28.9 Å². The van der Waals surface area contributed by atoms with Gasteiger partial charge in [0.05, 0.1) is 17.9 Å². The van der Waals surface area contributed by atoms with Gasteiger partial charge in [-0.3, -0.25) is 4.98 Å². The highest BCUT2D eigenvalue weighted by molar-refractivity contribution is 6.31. The van der Waals surface area contributed by atoms with Crippen molar-refractivity contribution in [2.45, 2.75) is 6.54 Å². The van der Waals surface area contributed by atoms with Crippen molar-refractivity contribution in [2.24, 2.45) is 0 Å². The standard InChI is InChI=1S/C11H9ClN6/c12-8-3-14-2-1-7(8)4-18-6-17-10(13)9-11(18)16-5-15-9/h1-3,5-6H,4,13H2. The van der Waals surface area contributed by atoms with Crippen molar-refractivity contribution in [2.75, 3.05) is 5.73 Å². The van der Waals surface area contributed by atoms with Crippen LogP contribution in [0, 0.1) is 0 Å². The molecule has 1 aromatic rings. The summed E-state index contributed by atoms with van der Waals surface area (Å²) < 4.78 is 1.85. The fourth-order valence-corrected chi connectivity index (χ4v) is 1.91. The summed E-state index contributed by atoms with van der Waals surface area (Å²) in [6, 6.07) is 1.86. The van der Waals surface area contributed by atoms with Crippen LogP contribution >= 0.6 is 11.6 Å². The molecule has 7 heteroatoms. The summed E-state index contributed by atoms with van der Waals surface area (Å²) in [6.07, 6.45) is 6.40. The van der Waals surface area contributed by atoms with Gasteiger partial charge in [0.1, 0.15) is 12.0 Å². The molecule has 0 radical (unpaired) electrons. The number of nitrogen functional groups attached to an aromatic ring is 1. The van der Waals surface area contributed by atoms with Crippen molar-refractivity contribution in [1.29, 1.82) is 0 Å². The molecule has 2 N–H and O–H groups in total. The highest BCUT2D eigenvalue weighted by Gasteiger charge is 2.15. The van der Waals surface area contributed by atoms with Crippen LogP contribution in [-0.4, -0.2) is 24.5 Å². The molecule has 0 aromatic carbocycles. The third kappa shape index (κ3) is 1.76. The molecule has 3 rings (SSSR count). The van der Waals surface area contributed by atoms with Crippen LogP contribution in [0.25, 0.3) is 11.5 Å². The SMILES string of the molecule is Nc1ncn(Cc2ccncc2Cl)c2ncnc1-2. The fourth-order valence-electron chi connectivity index (χ4n) is 1.73. The van der Waals surface area contributed by atoms with Gasteiger partial charge < -0.3 is 10.3 Å². The molecule has 0 aliphatic carbocycles. The van der Waals surface area contributed by atoms with Gasteiger partial charge in [0.25, 0.3) is 0 Å². The van der Waals surface area contributed by atoms with E-state index in [1.807, 2.05) is 10.6 Å². The number of hydrogen-bond donors (Lipinski definition) is 1. The first-order valence-electron chi connectivity index (χ1n) is 5.25. The molecule has 0 saturated carbocycles. The van der Waals surface area contributed by atoms with Crippen molar-refractivity contribution in [1.82, 2.24) is 24.5 Å². The van der Waals surface area contributed by atoms with Gasteiger partial charge in [-0.1, -0.05) is 11.6 Å². The summed E-state index contributed by atoms with van der Waals surface area (Å²) in [5.41, 5.74) is 7.27. The summed E-state index contributed by atoms with van der Waals surface area (Å²) in [7, 11) is 0. The van der Waals surface area contributed by atoms with Gasteiger partial charge in [0, 0.05) is 12.4 Å². The third-order valence-corrected chi connectivity index (χ3v) is 2.97. The number of nitrogens with two attached hydrogens (primary N) is 1. The zero-order valence-corrected chi connectivity index (χ0v) is 10.0. The molecule has 0 bridgehead atoms. The minimum Gasteiger partial charge on any atom is -0.382 e. The number of nitrogens with zero attached hydrogens (tertiary/aromatic N) is 5. The molecule has 0 spiro atoms. The molecule has 18 heavy (non-hydrogen) atoms. The number of pyridine rings is 1. The van der Waals surface area contributed by atoms with Crippen LogP contribution in [0.3, 0.4) is 0 Å². The Labute approximate surface area is 108 Å². The molecule has 3 heterocycles. The summed E-state index contributed by atoms with van der Waals surface area (Å²) in [4.78, 5) is 16.3. The number of aromatic nitrogens is 5. The van der Waals surface area contributed by atoms with Gasteiger partial charge >= 0.3 is 0 Å². The van der Waals surface area contributed by atoms with Gasteiger partial charge in [-0.2, -0.15) is 0 Å². The topological polar surface area (TPSA) is 82.5 Å². The average Bonchev–Trinajstić information content (AvgIpc) is 2.85. The minimum absolute atomic E-state index is 0.375. The number of imidazole rings is 1. The molecule has 1 aromatic heterocycles. The second-order valence-electron chi connectivity index (χ2n) is 3.77. The maximum absolute atomic E-state index is 6.07. The van der Waals surface area contributed by atoms with Crippen molar-refractivity contribution >= 4 is 17.4 Å². The Bertz CT molecular complexity index is 664. The van der Waals surface area contributed by atoms with Crippen LogP contribution in [0.15, 0.2) is 31.1 Å². The molecule has 90 valence electrons. The smallest absolute Gasteiger partial charge is 0.165 e. The molecule has 6 nitrogen and oxygen atoms in total. The lowest BCUT2D eigenvalue weighted by molar-refractivity contribution is 0.761. The number of hydrogen-bond acceptors (Lipinski definition) is 5. The van der Waals surface area contributed by atoms with E-state index < -0.39 is 0 Å². The summed E-state index contributed by atoms with van der Waals surface area (Å²) in [6.45, 7) is 0.545. The summed E-state index contributed by atoms with van der Waals surface area (Å²) in [5.74, 6) is 1.06. The number of fused-ring (bicyclic) bond motifs is 1. The Morgan fingerprint density at radius 1 is 1.28 bits per heavy atom. The van der Waals surface area contributed by atoms with Gasteiger partial charge in [-0.15, -0.1) is 0 Å². The predicted molar refractivity (Wildman–Crippen MR) is 67.2 cm³/mol. The van der Waals surface area contributed by atoms with Crippen molar-refractivity contribution in [3.63, 3.8) is 0 Å². The van der Waals surface area contributed by atoms with Crippen LogP contribution in [0.4, 0.5) is 5.82 Å². The average molecular weight is 261 g/mol. The van der Waals surface area contributed by atoms with Crippen LogP contribution < -0.4 is 5.73 Å².